The fourth-order valence-corrected chi connectivity index (χ4v) is 2.59. The van der Waals surface area contributed by atoms with Gasteiger partial charge in [-0.05, 0) is 31.5 Å². The molecule has 0 spiro atoms. The molecule has 4 nitrogen and oxygen atoms in total. The summed E-state index contributed by atoms with van der Waals surface area (Å²) in [7, 11) is 1.98. The number of aromatic nitrogens is 1. The summed E-state index contributed by atoms with van der Waals surface area (Å²) >= 11 is 0. The molecule has 1 saturated heterocycles. The molecular formula is C13H17N3O. The molecule has 1 atom stereocenters. The minimum atomic E-state index is 0.413. The lowest BCUT2D eigenvalue weighted by Crippen LogP contribution is -2.41. The third-order valence-corrected chi connectivity index (χ3v) is 3.50. The van der Waals surface area contributed by atoms with Gasteiger partial charge in [0.15, 0.2) is 5.58 Å². The van der Waals surface area contributed by atoms with Crippen LogP contribution in [-0.4, -0.2) is 23.6 Å². The average molecular weight is 231 g/mol. The molecule has 17 heavy (non-hydrogen) atoms. The first kappa shape index (κ1) is 10.7. The fraction of sp³-hybridized carbons (Fsp3) is 0.462. The van der Waals surface area contributed by atoms with Gasteiger partial charge in [-0.15, -0.1) is 0 Å². The van der Waals surface area contributed by atoms with Crippen molar-refractivity contribution in [3.63, 3.8) is 0 Å². The quantitative estimate of drug-likeness (QED) is 0.862. The van der Waals surface area contributed by atoms with Gasteiger partial charge in [-0.1, -0.05) is 6.42 Å². The topological polar surface area (TPSA) is 41.3 Å². The van der Waals surface area contributed by atoms with Gasteiger partial charge in [0.2, 0.25) is 0 Å². The minimum Gasteiger partial charge on any atom is -0.463 e. The maximum absolute atomic E-state index is 5.42. The molecule has 0 aliphatic carbocycles. The SMILES string of the molecule is CNN1CCCC[C@@H]1c1cnc2ccoc2c1. The second kappa shape index (κ2) is 4.47. The van der Waals surface area contributed by atoms with Gasteiger partial charge in [-0.3, -0.25) is 10.4 Å². The van der Waals surface area contributed by atoms with Gasteiger partial charge < -0.3 is 4.42 Å². The first-order valence-electron chi connectivity index (χ1n) is 6.15. The van der Waals surface area contributed by atoms with Crippen LogP contribution in [0.4, 0.5) is 0 Å². The van der Waals surface area contributed by atoms with Crippen LogP contribution in [0.15, 0.2) is 29.0 Å². The number of hydrogen-bond acceptors (Lipinski definition) is 4. The highest BCUT2D eigenvalue weighted by atomic mass is 16.3. The van der Waals surface area contributed by atoms with E-state index < -0.39 is 0 Å². The lowest BCUT2D eigenvalue weighted by atomic mass is 9.98. The molecule has 1 fully saturated rings. The van der Waals surface area contributed by atoms with Crippen LogP contribution in [-0.2, 0) is 0 Å². The zero-order valence-corrected chi connectivity index (χ0v) is 10.0. The Balaban J connectivity index is 1.95. The number of hydrazine groups is 1. The zero-order valence-electron chi connectivity index (χ0n) is 10.0. The monoisotopic (exact) mass is 231 g/mol. The molecular weight excluding hydrogens is 214 g/mol. The summed E-state index contributed by atoms with van der Waals surface area (Å²) in [6, 6.07) is 4.43. The Labute approximate surface area is 101 Å². The van der Waals surface area contributed by atoms with E-state index in [1.54, 1.807) is 6.26 Å². The van der Waals surface area contributed by atoms with E-state index in [1.807, 2.05) is 19.3 Å². The molecule has 0 unspecified atom stereocenters. The maximum atomic E-state index is 5.42. The van der Waals surface area contributed by atoms with Gasteiger partial charge in [0.05, 0.1) is 12.3 Å². The summed E-state index contributed by atoms with van der Waals surface area (Å²) in [6.07, 6.45) is 7.37. The maximum Gasteiger partial charge on any atom is 0.152 e. The van der Waals surface area contributed by atoms with E-state index >= 15 is 0 Å². The molecule has 2 aromatic rings. The molecule has 0 amide bonds. The minimum absolute atomic E-state index is 0.413. The van der Waals surface area contributed by atoms with Crippen LogP contribution >= 0.6 is 0 Å². The molecule has 4 heteroatoms. The summed E-state index contributed by atoms with van der Waals surface area (Å²) in [5.74, 6) is 0. The Kier molecular flexibility index (Phi) is 2.82. The van der Waals surface area contributed by atoms with Crippen molar-refractivity contribution in [2.45, 2.75) is 25.3 Å². The van der Waals surface area contributed by atoms with E-state index in [-0.39, 0.29) is 0 Å². The van der Waals surface area contributed by atoms with Crippen LogP contribution in [0, 0.1) is 0 Å². The van der Waals surface area contributed by atoms with Crippen molar-refractivity contribution in [3.8, 4) is 0 Å². The van der Waals surface area contributed by atoms with Crippen LogP contribution in [0.25, 0.3) is 11.1 Å². The third kappa shape index (κ3) is 1.94. The van der Waals surface area contributed by atoms with E-state index in [2.05, 4.69) is 21.5 Å². The van der Waals surface area contributed by atoms with Crippen molar-refractivity contribution in [1.29, 1.82) is 0 Å². The summed E-state index contributed by atoms with van der Waals surface area (Å²) in [5.41, 5.74) is 6.32. The molecule has 0 aromatic carbocycles. The number of piperidine rings is 1. The summed E-state index contributed by atoms with van der Waals surface area (Å²) in [5, 5.41) is 2.29. The van der Waals surface area contributed by atoms with Crippen molar-refractivity contribution < 1.29 is 4.42 Å². The summed E-state index contributed by atoms with van der Waals surface area (Å²) in [4.78, 5) is 4.44. The number of pyridine rings is 1. The number of furan rings is 1. The Morgan fingerprint density at radius 2 is 2.41 bits per heavy atom. The molecule has 1 aliphatic rings. The normalized spacial score (nSPS) is 22.1. The highest BCUT2D eigenvalue weighted by molar-refractivity contribution is 5.72. The molecule has 0 saturated carbocycles. The van der Waals surface area contributed by atoms with Crippen molar-refractivity contribution >= 4 is 11.1 Å². The molecule has 0 radical (unpaired) electrons. The van der Waals surface area contributed by atoms with Gasteiger partial charge >= 0.3 is 0 Å². The lowest BCUT2D eigenvalue weighted by molar-refractivity contribution is 0.0983. The third-order valence-electron chi connectivity index (χ3n) is 3.50. The predicted molar refractivity (Wildman–Crippen MR) is 66.4 cm³/mol. The highest BCUT2D eigenvalue weighted by Gasteiger charge is 2.23. The molecule has 3 heterocycles. The van der Waals surface area contributed by atoms with Crippen molar-refractivity contribution in [2.75, 3.05) is 13.6 Å². The molecule has 1 N–H and O–H groups in total. The average Bonchev–Trinajstić information content (AvgIpc) is 2.85. The molecule has 0 bridgehead atoms. The largest absolute Gasteiger partial charge is 0.463 e. The van der Waals surface area contributed by atoms with Crippen molar-refractivity contribution in [1.82, 2.24) is 15.4 Å². The van der Waals surface area contributed by atoms with E-state index in [0.717, 1.165) is 17.6 Å². The van der Waals surface area contributed by atoms with Crippen LogP contribution in [0.1, 0.15) is 30.9 Å². The first-order valence-corrected chi connectivity index (χ1v) is 6.15. The Morgan fingerprint density at radius 1 is 1.47 bits per heavy atom. The number of nitrogens with zero attached hydrogens (tertiary/aromatic N) is 2. The summed E-state index contributed by atoms with van der Waals surface area (Å²) < 4.78 is 5.42. The molecule has 90 valence electrons. The van der Waals surface area contributed by atoms with Crippen LogP contribution in [0.3, 0.4) is 0 Å². The molecule has 3 rings (SSSR count). The van der Waals surface area contributed by atoms with Crippen LogP contribution in [0.2, 0.25) is 0 Å². The predicted octanol–water partition coefficient (Wildman–Crippen LogP) is 2.49. The molecule has 1 aliphatic heterocycles. The number of hydrogen-bond donors (Lipinski definition) is 1. The number of nitrogens with one attached hydrogen (secondary N) is 1. The van der Waals surface area contributed by atoms with Crippen molar-refractivity contribution in [2.24, 2.45) is 0 Å². The molecule has 2 aromatic heterocycles. The number of fused-ring (bicyclic) bond motifs is 1. The van der Waals surface area contributed by atoms with Gasteiger partial charge in [0.1, 0.15) is 5.52 Å². The van der Waals surface area contributed by atoms with Gasteiger partial charge in [0.25, 0.3) is 0 Å². The first-order chi connectivity index (χ1) is 8.38. The van der Waals surface area contributed by atoms with Crippen molar-refractivity contribution in [3.05, 3.63) is 30.2 Å². The van der Waals surface area contributed by atoms with E-state index in [4.69, 9.17) is 4.42 Å². The highest BCUT2D eigenvalue weighted by Crippen LogP contribution is 2.30. The van der Waals surface area contributed by atoms with Gasteiger partial charge in [-0.25, -0.2) is 5.01 Å². The Morgan fingerprint density at radius 3 is 3.29 bits per heavy atom. The standard InChI is InChI=1S/C13H17N3O/c1-14-16-6-3-2-4-12(16)10-8-13-11(15-9-10)5-7-17-13/h5,7-9,12,14H,2-4,6H2,1H3/t12-/m1/s1. The van der Waals surface area contributed by atoms with Crippen LogP contribution in [0.5, 0.6) is 0 Å². The van der Waals surface area contributed by atoms with Gasteiger partial charge in [-0.2, -0.15) is 0 Å². The van der Waals surface area contributed by atoms with E-state index in [9.17, 15) is 0 Å². The lowest BCUT2D eigenvalue weighted by Gasteiger charge is -2.34. The smallest absolute Gasteiger partial charge is 0.152 e. The second-order valence-electron chi connectivity index (χ2n) is 4.50. The summed E-state index contributed by atoms with van der Waals surface area (Å²) in [6.45, 7) is 1.09. The van der Waals surface area contributed by atoms with E-state index in [0.29, 0.717) is 6.04 Å². The van der Waals surface area contributed by atoms with E-state index in [1.165, 1.54) is 24.8 Å². The zero-order chi connectivity index (χ0) is 11.7. The Bertz CT molecular complexity index is 508. The van der Waals surface area contributed by atoms with Crippen LogP contribution < -0.4 is 5.43 Å². The van der Waals surface area contributed by atoms with Gasteiger partial charge in [0, 0.05) is 18.8 Å². The second-order valence-corrected chi connectivity index (χ2v) is 4.50. The Hall–Kier alpha value is -1.39. The fourth-order valence-electron chi connectivity index (χ4n) is 2.59. The number of rotatable bonds is 2.